The van der Waals surface area contributed by atoms with Gasteiger partial charge in [0.05, 0.1) is 5.56 Å². The van der Waals surface area contributed by atoms with Crippen LogP contribution in [-0.2, 0) is 4.79 Å². The topological polar surface area (TPSA) is 59.1 Å². The Hall–Kier alpha value is -2.49. The summed E-state index contributed by atoms with van der Waals surface area (Å²) in [5.41, 5.74) is 1.80. The highest BCUT2D eigenvalue weighted by Gasteiger charge is 2.57. The van der Waals surface area contributed by atoms with Gasteiger partial charge in [0.15, 0.2) is 5.78 Å². The van der Waals surface area contributed by atoms with Crippen molar-refractivity contribution in [3.05, 3.63) is 59.3 Å². The van der Waals surface area contributed by atoms with Crippen LogP contribution in [0.1, 0.15) is 46.7 Å². The highest BCUT2D eigenvalue weighted by atomic mass is 16.2. The Kier molecular flexibility index (Phi) is 3.08. The van der Waals surface area contributed by atoms with Crippen LogP contribution in [0.15, 0.2) is 42.6 Å². The molecule has 2 heterocycles. The molecular formula is C19H18N2O2. The number of nitrogens with one attached hydrogen (secondary N) is 1. The third-order valence-corrected chi connectivity index (χ3v) is 5.23. The Balaban J connectivity index is 1.84. The summed E-state index contributed by atoms with van der Waals surface area (Å²) in [6, 6.07) is 11.7. The maximum atomic E-state index is 13.2. The molecular weight excluding hydrogens is 288 g/mol. The van der Waals surface area contributed by atoms with Crippen molar-refractivity contribution in [1.29, 1.82) is 0 Å². The number of amides is 1. The van der Waals surface area contributed by atoms with E-state index in [2.05, 4.69) is 10.3 Å². The molecule has 4 heteroatoms. The van der Waals surface area contributed by atoms with Crippen molar-refractivity contribution in [3.63, 3.8) is 0 Å². The fraction of sp³-hybridized carbons (Fsp3) is 0.316. The van der Waals surface area contributed by atoms with Gasteiger partial charge in [0.2, 0.25) is 5.91 Å². The molecule has 2 aromatic rings. The molecule has 1 aliphatic carbocycles. The number of hydrogen-bond donors (Lipinski definition) is 1. The minimum absolute atomic E-state index is 0.0658. The molecule has 1 aliphatic heterocycles. The Labute approximate surface area is 134 Å². The van der Waals surface area contributed by atoms with Crippen LogP contribution in [0.3, 0.4) is 0 Å². The van der Waals surface area contributed by atoms with E-state index in [1.54, 1.807) is 18.3 Å². The minimum atomic E-state index is -0.981. The number of hydrogen-bond acceptors (Lipinski definition) is 3. The maximum Gasteiger partial charge on any atom is 0.240 e. The zero-order valence-corrected chi connectivity index (χ0v) is 13.0. The molecule has 116 valence electrons. The first-order valence-corrected chi connectivity index (χ1v) is 8.01. The summed E-state index contributed by atoms with van der Waals surface area (Å²) in [6.07, 6.45) is 3.94. The van der Waals surface area contributed by atoms with E-state index in [0.29, 0.717) is 17.8 Å². The lowest BCUT2D eigenvalue weighted by molar-refractivity contribution is -0.124. The summed E-state index contributed by atoms with van der Waals surface area (Å²) in [4.78, 5) is 30.2. The zero-order valence-electron chi connectivity index (χ0n) is 13.0. The van der Waals surface area contributed by atoms with E-state index in [1.807, 2.05) is 31.2 Å². The number of nitrogens with zero attached hydrogens (tertiary/aromatic N) is 1. The van der Waals surface area contributed by atoms with Crippen molar-refractivity contribution in [2.75, 3.05) is 5.32 Å². The van der Waals surface area contributed by atoms with E-state index in [4.69, 9.17) is 0 Å². The number of fused-ring (bicyclic) bond motifs is 1. The number of anilines is 1. The number of ketones is 1. The van der Waals surface area contributed by atoms with E-state index >= 15 is 0 Å². The van der Waals surface area contributed by atoms with Crippen LogP contribution in [0.5, 0.6) is 0 Å². The molecule has 0 bridgehead atoms. The standard InChI is InChI=1S/C19H18N2O2/c1-12-6-8-13(9-7-12)15-5-2-10-19(15)16(22)14-4-3-11-20-17(14)21-18(19)23/h3-4,6-9,11,15H,2,5,10H2,1H3,(H,20,21,23). The van der Waals surface area contributed by atoms with Gasteiger partial charge in [0.1, 0.15) is 11.2 Å². The van der Waals surface area contributed by atoms with Crippen molar-refractivity contribution >= 4 is 17.5 Å². The molecule has 1 aromatic carbocycles. The molecule has 2 aliphatic rings. The molecule has 1 aromatic heterocycles. The van der Waals surface area contributed by atoms with Gasteiger partial charge in [-0.15, -0.1) is 0 Å². The highest BCUT2D eigenvalue weighted by molar-refractivity contribution is 6.24. The van der Waals surface area contributed by atoms with E-state index in [1.165, 1.54) is 5.56 Å². The quantitative estimate of drug-likeness (QED) is 0.821. The van der Waals surface area contributed by atoms with Gasteiger partial charge in [-0.2, -0.15) is 0 Å². The molecule has 0 radical (unpaired) electrons. The van der Waals surface area contributed by atoms with Crippen LogP contribution in [0, 0.1) is 12.3 Å². The zero-order chi connectivity index (χ0) is 16.0. The van der Waals surface area contributed by atoms with E-state index in [-0.39, 0.29) is 17.6 Å². The number of Topliss-reactive ketones (excluding diaryl/α,β-unsaturated/α-hetero) is 1. The first-order chi connectivity index (χ1) is 11.1. The third-order valence-electron chi connectivity index (χ3n) is 5.23. The smallest absolute Gasteiger partial charge is 0.240 e. The second-order valence-electron chi connectivity index (χ2n) is 6.51. The van der Waals surface area contributed by atoms with Gasteiger partial charge in [-0.05, 0) is 37.5 Å². The molecule has 4 nitrogen and oxygen atoms in total. The second-order valence-corrected chi connectivity index (χ2v) is 6.51. The Bertz CT molecular complexity index is 797. The van der Waals surface area contributed by atoms with Crippen LogP contribution in [-0.4, -0.2) is 16.7 Å². The van der Waals surface area contributed by atoms with E-state index < -0.39 is 5.41 Å². The van der Waals surface area contributed by atoms with Crippen molar-refractivity contribution in [2.24, 2.45) is 5.41 Å². The summed E-state index contributed by atoms with van der Waals surface area (Å²) >= 11 is 0. The molecule has 1 N–H and O–H groups in total. The van der Waals surface area contributed by atoms with Crippen LogP contribution in [0.4, 0.5) is 5.82 Å². The van der Waals surface area contributed by atoms with Gasteiger partial charge in [0.25, 0.3) is 0 Å². The Morgan fingerprint density at radius 1 is 1.17 bits per heavy atom. The lowest BCUT2D eigenvalue weighted by Gasteiger charge is -2.36. The molecule has 2 unspecified atom stereocenters. The number of carbonyl (C=O) groups is 2. The predicted octanol–water partition coefficient (Wildman–Crippen LogP) is 3.48. The lowest BCUT2D eigenvalue weighted by atomic mass is 9.67. The highest BCUT2D eigenvalue weighted by Crippen LogP contribution is 2.53. The Morgan fingerprint density at radius 2 is 1.96 bits per heavy atom. The van der Waals surface area contributed by atoms with Gasteiger partial charge in [0, 0.05) is 12.1 Å². The summed E-state index contributed by atoms with van der Waals surface area (Å²) < 4.78 is 0. The minimum Gasteiger partial charge on any atom is -0.309 e. The summed E-state index contributed by atoms with van der Waals surface area (Å²) in [6.45, 7) is 2.04. The lowest BCUT2D eigenvalue weighted by Crippen LogP contribution is -2.48. The molecule has 1 fully saturated rings. The number of carbonyl (C=O) groups excluding carboxylic acids is 2. The SMILES string of the molecule is Cc1ccc(C2CCCC23C(=O)Nc2ncccc2C3=O)cc1. The number of rotatable bonds is 1. The molecule has 2 atom stereocenters. The Morgan fingerprint density at radius 3 is 2.74 bits per heavy atom. The van der Waals surface area contributed by atoms with Crippen molar-refractivity contribution in [2.45, 2.75) is 32.1 Å². The molecule has 1 spiro atoms. The van der Waals surface area contributed by atoms with Gasteiger partial charge in [-0.3, -0.25) is 9.59 Å². The average Bonchev–Trinajstić information content (AvgIpc) is 3.00. The van der Waals surface area contributed by atoms with Crippen molar-refractivity contribution < 1.29 is 9.59 Å². The predicted molar refractivity (Wildman–Crippen MR) is 87.4 cm³/mol. The fourth-order valence-corrected chi connectivity index (χ4v) is 4.05. The molecule has 0 saturated heterocycles. The first-order valence-electron chi connectivity index (χ1n) is 8.01. The van der Waals surface area contributed by atoms with Gasteiger partial charge >= 0.3 is 0 Å². The van der Waals surface area contributed by atoms with Crippen LogP contribution in [0.2, 0.25) is 0 Å². The first kappa shape index (κ1) is 14.1. The average molecular weight is 306 g/mol. The van der Waals surface area contributed by atoms with Crippen molar-refractivity contribution in [3.8, 4) is 0 Å². The summed E-state index contributed by atoms with van der Waals surface area (Å²) in [5.74, 6) is 0.0517. The summed E-state index contributed by atoms with van der Waals surface area (Å²) in [7, 11) is 0. The van der Waals surface area contributed by atoms with Gasteiger partial charge in [-0.25, -0.2) is 4.98 Å². The number of benzene rings is 1. The third kappa shape index (κ3) is 1.94. The largest absolute Gasteiger partial charge is 0.309 e. The molecule has 4 rings (SSSR count). The molecule has 1 saturated carbocycles. The van der Waals surface area contributed by atoms with Gasteiger partial charge in [-0.1, -0.05) is 36.2 Å². The van der Waals surface area contributed by atoms with Crippen LogP contribution < -0.4 is 5.32 Å². The molecule has 23 heavy (non-hydrogen) atoms. The van der Waals surface area contributed by atoms with Crippen molar-refractivity contribution in [1.82, 2.24) is 4.98 Å². The number of aryl methyl sites for hydroxylation is 1. The van der Waals surface area contributed by atoms with Crippen LogP contribution >= 0.6 is 0 Å². The fourth-order valence-electron chi connectivity index (χ4n) is 4.05. The second kappa shape index (κ2) is 5.01. The van der Waals surface area contributed by atoms with Gasteiger partial charge < -0.3 is 5.32 Å². The van der Waals surface area contributed by atoms with E-state index in [9.17, 15) is 9.59 Å². The monoisotopic (exact) mass is 306 g/mol. The number of pyridine rings is 1. The van der Waals surface area contributed by atoms with Crippen LogP contribution in [0.25, 0.3) is 0 Å². The summed E-state index contributed by atoms with van der Waals surface area (Å²) in [5, 5.41) is 2.86. The van der Waals surface area contributed by atoms with E-state index in [0.717, 1.165) is 18.4 Å². The maximum absolute atomic E-state index is 13.2. The molecule has 1 amide bonds. The number of aromatic nitrogens is 1. The normalized spacial score (nSPS) is 26.2.